The van der Waals surface area contributed by atoms with Crippen LogP contribution in [-0.4, -0.2) is 24.3 Å². The highest BCUT2D eigenvalue weighted by Crippen LogP contribution is 2.16. The van der Waals surface area contributed by atoms with Gasteiger partial charge in [-0.1, -0.05) is 72.8 Å². The number of unbranched alkanes of at least 4 members (excludes halogenated alkanes) is 2. The topological polar surface area (TPSA) is 46.5 Å². The fraction of sp³-hybridized carbons (Fsp3) is 0.842. The van der Waals surface area contributed by atoms with E-state index in [4.69, 9.17) is 9.84 Å². The van der Waals surface area contributed by atoms with E-state index < -0.39 is 5.97 Å². The van der Waals surface area contributed by atoms with Crippen molar-refractivity contribution in [2.75, 3.05) is 13.2 Å². The van der Waals surface area contributed by atoms with Gasteiger partial charge in [-0.3, -0.25) is 0 Å². The molecule has 0 amide bonds. The zero-order valence-electron chi connectivity index (χ0n) is 15.3. The van der Waals surface area contributed by atoms with Crippen LogP contribution in [0.3, 0.4) is 0 Å². The monoisotopic (exact) mass is 314 g/mol. The second-order valence-electron chi connectivity index (χ2n) is 5.91. The van der Waals surface area contributed by atoms with Gasteiger partial charge in [-0.2, -0.15) is 0 Å². The molecule has 3 heteroatoms. The highest BCUT2D eigenvalue weighted by atomic mass is 16.5. The molecule has 0 heterocycles. The van der Waals surface area contributed by atoms with E-state index in [2.05, 4.69) is 34.3 Å². The van der Waals surface area contributed by atoms with Crippen molar-refractivity contribution in [3.05, 3.63) is 12.7 Å². The van der Waals surface area contributed by atoms with Crippen LogP contribution in [0.1, 0.15) is 79.1 Å². The van der Waals surface area contributed by atoms with Crippen molar-refractivity contribution in [3.63, 3.8) is 0 Å². The van der Waals surface area contributed by atoms with Crippen molar-refractivity contribution < 1.29 is 14.6 Å². The maximum atomic E-state index is 9.25. The SMILES string of the molecule is C=CC(=O)O.CCCCC(CC)COCC(CC)CCCC. The van der Waals surface area contributed by atoms with Gasteiger partial charge in [0.05, 0.1) is 0 Å². The lowest BCUT2D eigenvalue weighted by atomic mass is 9.99. The van der Waals surface area contributed by atoms with E-state index in [1.165, 1.54) is 51.4 Å². The fourth-order valence-corrected chi connectivity index (χ4v) is 2.20. The van der Waals surface area contributed by atoms with Crippen LogP contribution in [-0.2, 0) is 9.53 Å². The Labute approximate surface area is 138 Å². The van der Waals surface area contributed by atoms with E-state index in [0.717, 1.165) is 31.1 Å². The molecule has 0 aromatic heterocycles. The minimum Gasteiger partial charge on any atom is -0.478 e. The predicted molar refractivity (Wildman–Crippen MR) is 95.3 cm³/mol. The normalized spacial score (nSPS) is 12.9. The largest absolute Gasteiger partial charge is 0.478 e. The summed E-state index contributed by atoms with van der Waals surface area (Å²) in [6.45, 7) is 14.0. The first-order chi connectivity index (χ1) is 10.5. The van der Waals surface area contributed by atoms with Crippen LogP contribution in [0.5, 0.6) is 0 Å². The van der Waals surface area contributed by atoms with Crippen LogP contribution in [0.15, 0.2) is 12.7 Å². The highest BCUT2D eigenvalue weighted by molar-refractivity contribution is 5.78. The minimum atomic E-state index is -0.981. The van der Waals surface area contributed by atoms with Gasteiger partial charge in [0.25, 0.3) is 0 Å². The molecule has 0 rings (SSSR count). The van der Waals surface area contributed by atoms with Gasteiger partial charge in [-0.25, -0.2) is 4.79 Å². The van der Waals surface area contributed by atoms with Crippen LogP contribution in [0.4, 0.5) is 0 Å². The Bertz CT molecular complexity index is 235. The second kappa shape index (κ2) is 18.2. The Balaban J connectivity index is 0. The van der Waals surface area contributed by atoms with E-state index in [9.17, 15) is 4.79 Å². The summed E-state index contributed by atoms with van der Waals surface area (Å²) >= 11 is 0. The lowest BCUT2D eigenvalue weighted by molar-refractivity contribution is -0.131. The summed E-state index contributed by atoms with van der Waals surface area (Å²) in [6.07, 6.45) is 11.4. The lowest BCUT2D eigenvalue weighted by Crippen LogP contribution is -2.14. The highest BCUT2D eigenvalue weighted by Gasteiger charge is 2.09. The first-order valence-electron chi connectivity index (χ1n) is 8.98. The van der Waals surface area contributed by atoms with Crippen LogP contribution < -0.4 is 0 Å². The van der Waals surface area contributed by atoms with Gasteiger partial charge in [0, 0.05) is 19.3 Å². The molecule has 0 aliphatic carbocycles. The molecule has 132 valence electrons. The third-order valence-corrected chi connectivity index (χ3v) is 3.97. The van der Waals surface area contributed by atoms with Crippen LogP contribution in [0.2, 0.25) is 0 Å². The number of carboxylic acid groups (broad SMARTS) is 1. The molecule has 0 aliphatic heterocycles. The van der Waals surface area contributed by atoms with Crippen molar-refractivity contribution in [2.45, 2.75) is 79.1 Å². The van der Waals surface area contributed by atoms with E-state index in [-0.39, 0.29) is 0 Å². The molecule has 0 spiro atoms. The van der Waals surface area contributed by atoms with Crippen molar-refractivity contribution in [1.29, 1.82) is 0 Å². The Hall–Kier alpha value is -0.830. The van der Waals surface area contributed by atoms with Crippen LogP contribution in [0.25, 0.3) is 0 Å². The number of rotatable bonds is 13. The molecule has 0 fully saturated rings. The Morgan fingerprint density at radius 2 is 1.36 bits per heavy atom. The van der Waals surface area contributed by atoms with Crippen molar-refractivity contribution in [1.82, 2.24) is 0 Å². The Morgan fingerprint density at radius 3 is 1.59 bits per heavy atom. The minimum absolute atomic E-state index is 0.790. The maximum absolute atomic E-state index is 9.25. The summed E-state index contributed by atoms with van der Waals surface area (Å²) < 4.78 is 5.93. The van der Waals surface area contributed by atoms with E-state index in [1.807, 2.05) is 0 Å². The van der Waals surface area contributed by atoms with Gasteiger partial charge < -0.3 is 9.84 Å². The number of hydrogen-bond donors (Lipinski definition) is 1. The average molecular weight is 315 g/mol. The summed E-state index contributed by atoms with van der Waals surface area (Å²) in [5, 5.41) is 7.60. The zero-order valence-corrected chi connectivity index (χ0v) is 15.3. The first-order valence-corrected chi connectivity index (χ1v) is 8.98. The van der Waals surface area contributed by atoms with Gasteiger partial charge in [0.1, 0.15) is 0 Å². The van der Waals surface area contributed by atoms with Gasteiger partial charge in [0.15, 0.2) is 0 Å². The van der Waals surface area contributed by atoms with E-state index >= 15 is 0 Å². The number of carbonyl (C=O) groups is 1. The molecular formula is C19H38O3. The second-order valence-corrected chi connectivity index (χ2v) is 5.91. The van der Waals surface area contributed by atoms with Gasteiger partial charge in [0.2, 0.25) is 0 Å². The third kappa shape index (κ3) is 17.2. The molecule has 0 saturated heterocycles. The quantitative estimate of drug-likeness (QED) is 0.444. The van der Waals surface area contributed by atoms with Crippen LogP contribution in [0, 0.1) is 11.8 Å². The van der Waals surface area contributed by atoms with E-state index in [1.54, 1.807) is 0 Å². The molecule has 22 heavy (non-hydrogen) atoms. The summed E-state index contributed by atoms with van der Waals surface area (Å²) in [5.74, 6) is 0.599. The molecule has 1 N–H and O–H groups in total. The molecule has 2 unspecified atom stereocenters. The number of aliphatic carboxylic acids is 1. The number of ether oxygens (including phenoxy) is 1. The lowest BCUT2D eigenvalue weighted by Gasteiger charge is -2.18. The summed E-state index contributed by atoms with van der Waals surface area (Å²) in [4.78, 5) is 9.25. The third-order valence-electron chi connectivity index (χ3n) is 3.97. The van der Waals surface area contributed by atoms with Crippen molar-refractivity contribution in [2.24, 2.45) is 11.8 Å². The standard InChI is InChI=1S/C16H34O.C3H4O2/c1-5-9-11-15(7-3)13-17-14-16(8-4)12-10-6-2;1-2-3(4)5/h15-16H,5-14H2,1-4H3;2H,1H2,(H,4,5). The van der Waals surface area contributed by atoms with Crippen molar-refractivity contribution >= 4 is 5.97 Å². The average Bonchev–Trinajstić information content (AvgIpc) is 2.54. The molecule has 0 radical (unpaired) electrons. The van der Waals surface area contributed by atoms with Crippen molar-refractivity contribution in [3.8, 4) is 0 Å². The van der Waals surface area contributed by atoms with Gasteiger partial charge in [-0.15, -0.1) is 0 Å². The molecule has 2 atom stereocenters. The van der Waals surface area contributed by atoms with Gasteiger partial charge >= 0.3 is 5.97 Å². The molecular weight excluding hydrogens is 276 g/mol. The number of carboxylic acids is 1. The summed E-state index contributed by atoms with van der Waals surface area (Å²) in [6, 6.07) is 0. The van der Waals surface area contributed by atoms with Gasteiger partial charge in [-0.05, 0) is 24.7 Å². The maximum Gasteiger partial charge on any atom is 0.327 e. The number of hydrogen-bond acceptors (Lipinski definition) is 2. The van der Waals surface area contributed by atoms with E-state index in [0.29, 0.717) is 0 Å². The predicted octanol–water partition coefficient (Wildman–Crippen LogP) is 5.69. The Kier molecular flexibility index (Phi) is 19.4. The molecule has 3 nitrogen and oxygen atoms in total. The van der Waals surface area contributed by atoms with Crippen LogP contribution >= 0.6 is 0 Å². The zero-order chi connectivity index (χ0) is 17.2. The molecule has 0 bridgehead atoms. The smallest absolute Gasteiger partial charge is 0.327 e. The molecule has 0 saturated carbocycles. The summed E-state index contributed by atoms with van der Waals surface area (Å²) in [7, 11) is 0. The fourth-order valence-electron chi connectivity index (χ4n) is 2.20. The summed E-state index contributed by atoms with van der Waals surface area (Å²) in [5.41, 5.74) is 0. The Morgan fingerprint density at radius 1 is 1.00 bits per heavy atom. The molecule has 0 aromatic rings. The first kappa shape index (κ1) is 23.4. The molecule has 0 aliphatic rings. The molecule has 0 aromatic carbocycles.